The topological polar surface area (TPSA) is 54.4 Å². The maximum absolute atomic E-state index is 11.1. The van der Waals surface area contributed by atoms with Gasteiger partial charge in [0.25, 0.3) is 10.1 Å². The van der Waals surface area contributed by atoms with Gasteiger partial charge in [0.15, 0.2) is 0 Å². The maximum Gasteiger partial charge on any atom is 1.00 e. The first-order valence-corrected chi connectivity index (χ1v) is 6.80. The Bertz CT molecular complexity index is 857. The molecule has 0 heterocycles. The van der Waals surface area contributed by atoms with Crippen molar-refractivity contribution in [2.24, 2.45) is 0 Å². The van der Waals surface area contributed by atoms with E-state index < -0.39 is 10.1 Å². The fraction of sp³-hybridized carbons (Fsp3) is 0. The van der Waals surface area contributed by atoms with Crippen molar-refractivity contribution in [3.8, 4) is 0 Å². The molecular weight excluding hydrogens is 255 g/mol. The number of hydrogen-bond acceptors (Lipinski definition) is 2. The molecule has 3 rings (SSSR count). The first-order valence-electron chi connectivity index (χ1n) is 5.36. The summed E-state index contributed by atoms with van der Waals surface area (Å²) in [4.78, 5) is -0.203. The standard InChI is InChI=1S/C14H9O3S.Li/c15-18(16,17)14-6-5-12-7-10-3-1-2-4-11(10)8-13(12)9-14;/h1-8H,(H,15,16,17);/q-1;+1. The van der Waals surface area contributed by atoms with Crippen molar-refractivity contribution >= 4 is 31.7 Å². The van der Waals surface area contributed by atoms with Crippen LogP contribution in [0.15, 0.2) is 53.4 Å². The van der Waals surface area contributed by atoms with Crippen molar-refractivity contribution in [1.82, 2.24) is 0 Å². The molecule has 0 radical (unpaired) electrons. The second-order valence-corrected chi connectivity index (χ2v) is 5.47. The molecule has 0 spiro atoms. The summed E-state index contributed by atoms with van der Waals surface area (Å²) in [5.41, 5.74) is 0. The van der Waals surface area contributed by atoms with Crippen molar-refractivity contribution in [3.63, 3.8) is 0 Å². The van der Waals surface area contributed by atoms with Crippen LogP contribution in [0.25, 0.3) is 21.5 Å². The summed E-state index contributed by atoms with van der Waals surface area (Å²) in [6.45, 7) is 0. The summed E-state index contributed by atoms with van der Waals surface area (Å²) in [6.07, 6.45) is 0. The van der Waals surface area contributed by atoms with Crippen LogP contribution in [0, 0.1) is 6.07 Å². The minimum Gasteiger partial charge on any atom is -0.283 e. The van der Waals surface area contributed by atoms with E-state index in [4.69, 9.17) is 4.55 Å². The third-order valence-electron chi connectivity index (χ3n) is 2.87. The molecule has 0 bridgehead atoms. The van der Waals surface area contributed by atoms with E-state index in [1.807, 2.05) is 36.4 Å². The molecule has 3 aromatic rings. The van der Waals surface area contributed by atoms with Crippen molar-refractivity contribution < 1.29 is 31.8 Å². The largest absolute Gasteiger partial charge is 1.00 e. The number of rotatable bonds is 1. The molecule has 0 aromatic heterocycles. The van der Waals surface area contributed by atoms with Gasteiger partial charge in [-0.25, -0.2) is 0 Å². The molecule has 0 aliphatic carbocycles. The Morgan fingerprint density at radius 3 is 2.16 bits per heavy atom. The fourth-order valence-corrected chi connectivity index (χ4v) is 2.47. The zero-order valence-corrected chi connectivity index (χ0v) is 11.1. The molecule has 0 aliphatic heterocycles. The van der Waals surface area contributed by atoms with E-state index in [-0.39, 0.29) is 23.8 Å². The van der Waals surface area contributed by atoms with Crippen LogP contribution in [0.1, 0.15) is 0 Å². The first kappa shape index (κ1) is 14.1. The monoisotopic (exact) mass is 264 g/mol. The summed E-state index contributed by atoms with van der Waals surface area (Å²) in [5, 5.41) is 3.65. The van der Waals surface area contributed by atoms with Crippen LogP contribution < -0.4 is 18.9 Å². The Hall–Kier alpha value is -1.31. The van der Waals surface area contributed by atoms with E-state index in [1.165, 1.54) is 6.07 Å². The van der Waals surface area contributed by atoms with Crippen molar-refractivity contribution in [2.45, 2.75) is 4.90 Å². The summed E-state index contributed by atoms with van der Waals surface area (Å²) in [7, 11) is -4.20. The van der Waals surface area contributed by atoms with Gasteiger partial charge in [-0.1, -0.05) is 35.7 Å². The molecule has 19 heavy (non-hydrogen) atoms. The first-order chi connectivity index (χ1) is 8.54. The third-order valence-corrected chi connectivity index (χ3v) is 3.66. The van der Waals surface area contributed by atoms with Crippen LogP contribution >= 0.6 is 0 Å². The van der Waals surface area contributed by atoms with E-state index in [2.05, 4.69) is 6.07 Å². The van der Waals surface area contributed by atoms with Crippen LogP contribution in [0.5, 0.6) is 0 Å². The molecule has 0 unspecified atom stereocenters. The molecule has 0 saturated heterocycles. The Morgan fingerprint density at radius 2 is 1.53 bits per heavy atom. The zero-order chi connectivity index (χ0) is 12.8. The summed E-state index contributed by atoms with van der Waals surface area (Å²) >= 11 is 0. The van der Waals surface area contributed by atoms with Gasteiger partial charge in [0.2, 0.25) is 0 Å². The number of benzene rings is 3. The Balaban J connectivity index is 0.00000133. The van der Waals surface area contributed by atoms with Gasteiger partial charge in [-0.2, -0.15) is 8.42 Å². The van der Waals surface area contributed by atoms with Crippen molar-refractivity contribution in [3.05, 3.63) is 54.6 Å². The SMILES string of the molecule is O=S(=O)(O)c1[c-]c2cc3ccccc3cc2cc1.[Li+]. The van der Waals surface area contributed by atoms with E-state index in [0.29, 0.717) is 5.39 Å². The quantitative estimate of drug-likeness (QED) is 0.292. The van der Waals surface area contributed by atoms with Crippen LogP contribution in [-0.2, 0) is 10.1 Å². The predicted molar refractivity (Wildman–Crippen MR) is 70.1 cm³/mol. The van der Waals surface area contributed by atoms with Crippen molar-refractivity contribution in [1.29, 1.82) is 0 Å². The second-order valence-electron chi connectivity index (χ2n) is 4.08. The number of fused-ring (bicyclic) bond motifs is 2. The predicted octanol–water partition coefficient (Wildman–Crippen LogP) is 0.0439. The average Bonchev–Trinajstić information content (AvgIpc) is 2.34. The van der Waals surface area contributed by atoms with E-state index in [1.54, 1.807) is 6.07 Å². The molecule has 3 nitrogen and oxygen atoms in total. The maximum atomic E-state index is 11.1. The zero-order valence-electron chi connectivity index (χ0n) is 10.3. The van der Waals surface area contributed by atoms with Gasteiger partial charge in [-0.3, -0.25) is 4.55 Å². The summed E-state index contributed by atoms with van der Waals surface area (Å²) in [6, 6.07) is 17.4. The Kier molecular flexibility index (Phi) is 3.70. The van der Waals surface area contributed by atoms with Gasteiger partial charge in [0, 0.05) is 4.90 Å². The van der Waals surface area contributed by atoms with E-state index in [9.17, 15) is 8.42 Å². The van der Waals surface area contributed by atoms with Crippen LogP contribution in [0.3, 0.4) is 0 Å². The van der Waals surface area contributed by atoms with Gasteiger partial charge >= 0.3 is 18.9 Å². The van der Waals surface area contributed by atoms with E-state index in [0.717, 1.165) is 16.2 Å². The molecule has 0 amide bonds. The normalized spacial score (nSPS) is 11.4. The smallest absolute Gasteiger partial charge is 0.283 e. The summed E-state index contributed by atoms with van der Waals surface area (Å²) < 4.78 is 31.1. The Labute approximate surface area is 123 Å². The molecular formula is C14H9LiO3S. The second kappa shape index (κ2) is 4.99. The van der Waals surface area contributed by atoms with Gasteiger partial charge in [-0.15, -0.1) is 35.0 Å². The molecule has 0 saturated carbocycles. The van der Waals surface area contributed by atoms with Gasteiger partial charge in [-0.05, 0) is 5.39 Å². The average molecular weight is 264 g/mol. The third kappa shape index (κ3) is 2.67. The fourth-order valence-electron chi connectivity index (χ4n) is 1.99. The molecule has 0 atom stereocenters. The summed E-state index contributed by atoms with van der Waals surface area (Å²) in [5.74, 6) is 0. The molecule has 1 N–H and O–H groups in total. The molecule has 0 aliphatic rings. The Morgan fingerprint density at radius 1 is 0.895 bits per heavy atom. The van der Waals surface area contributed by atoms with Gasteiger partial charge in [0.1, 0.15) is 0 Å². The number of hydrogen-bond donors (Lipinski definition) is 1. The molecule has 5 heteroatoms. The van der Waals surface area contributed by atoms with Gasteiger partial charge < -0.3 is 0 Å². The van der Waals surface area contributed by atoms with Crippen LogP contribution in [-0.4, -0.2) is 13.0 Å². The van der Waals surface area contributed by atoms with Crippen LogP contribution in [0.4, 0.5) is 0 Å². The van der Waals surface area contributed by atoms with E-state index >= 15 is 0 Å². The molecule has 3 aromatic carbocycles. The molecule has 0 fully saturated rings. The minimum atomic E-state index is -4.20. The molecule has 90 valence electrons. The van der Waals surface area contributed by atoms with Gasteiger partial charge in [0.05, 0.1) is 0 Å². The van der Waals surface area contributed by atoms with Crippen molar-refractivity contribution in [2.75, 3.05) is 0 Å². The minimum absolute atomic E-state index is 0. The van der Waals surface area contributed by atoms with Crippen LogP contribution in [0.2, 0.25) is 0 Å².